The molecule has 5 nitrogen and oxygen atoms in total. The molecule has 0 N–H and O–H groups in total. The molecular weight excluding hydrogens is 266 g/mol. The highest BCUT2D eigenvalue weighted by Crippen LogP contribution is 2.34. The average Bonchev–Trinajstić information content (AvgIpc) is 2.94. The summed E-state index contributed by atoms with van der Waals surface area (Å²) in [7, 11) is 0. The lowest BCUT2D eigenvalue weighted by Gasteiger charge is -2.38. The summed E-state index contributed by atoms with van der Waals surface area (Å²) >= 11 is 0. The Morgan fingerprint density at radius 2 is 2.24 bits per heavy atom. The molecule has 1 saturated carbocycles. The van der Waals surface area contributed by atoms with Crippen molar-refractivity contribution in [2.75, 3.05) is 13.1 Å². The molecule has 5 heteroatoms. The van der Waals surface area contributed by atoms with E-state index >= 15 is 0 Å². The summed E-state index contributed by atoms with van der Waals surface area (Å²) in [6.07, 6.45) is 6.17. The number of hydrogen-bond donors (Lipinski definition) is 0. The smallest absolute Gasteiger partial charge is 0.289 e. The molecule has 1 aliphatic heterocycles. The minimum atomic E-state index is -0.0201. The first-order valence-electron chi connectivity index (χ1n) is 7.57. The van der Waals surface area contributed by atoms with Crippen LogP contribution in [0.5, 0.6) is 0 Å². The molecule has 3 heterocycles. The molecule has 0 bridgehead atoms. The van der Waals surface area contributed by atoms with Crippen molar-refractivity contribution in [3.63, 3.8) is 0 Å². The van der Waals surface area contributed by atoms with Gasteiger partial charge in [-0.2, -0.15) is 0 Å². The normalized spacial score (nSPS) is 18.8. The van der Waals surface area contributed by atoms with Gasteiger partial charge in [-0.25, -0.2) is 4.98 Å². The third-order valence-electron chi connectivity index (χ3n) is 4.49. The quantitative estimate of drug-likeness (QED) is 0.867. The first kappa shape index (κ1) is 12.7. The number of carbonyl (C=O) groups is 1. The molecule has 4 rings (SSSR count). The van der Waals surface area contributed by atoms with Crippen LogP contribution >= 0.6 is 0 Å². The van der Waals surface area contributed by atoms with Crippen LogP contribution in [0.15, 0.2) is 29.0 Å². The summed E-state index contributed by atoms with van der Waals surface area (Å²) < 4.78 is 7.51. The number of hydrogen-bond acceptors (Lipinski definition) is 3. The molecule has 0 spiro atoms. The largest absolute Gasteiger partial charge is 0.459 e. The maximum absolute atomic E-state index is 12.1. The van der Waals surface area contributed by atoms with Crippen molar-refractivity contribution in [1.82, 2.24) is 14.5 Å². The molecule has 110 valence electrons. The number of aryl methyl sites for hydroxylation is 1. The zero-order valence-electron chi connectivity index (χ0n) is 12.2. The fraction of sp³-hybridized carbons (Fsp3) is 0.500. The van der Waals surface area contributed by atoms with Gasteiger partial charge in [0.25, 0.3) is 5.91 Å². The summed E-state index contributed by atoms with van der Waals surface area (Å²) in [5, 5.41) is 0. The maximum Gasteiger partial charge on any atom is 0.289 e. The Balaban J connectivity index is 1.44. The lowest BCUT2D eigenvalue weighted by Crippen LogP contribution is -2.49. The van der Waals surface area contributed by atoms with Crippen molar-refractivity contribution in [2.45, 2.75) is 32.2 Å². The number of furan rings is 1. The Labute approximate surface area is 123 Å². The third kappa shape index (κ3) is 2.26. The third-order valence-corrected chi connectivity index (χ3v) is 4.49. The summed E-state index contributed by atoms with van der Waals surface area (Å²) in [6, 6.07) is 3.46. The van der Waals surface area contributed by atoms with Gasteiger partial charge in [-0.3, -0.25) is 4.79 Å². The van der Waals surface area contributed by atoms with Crippen LogP contribution in [0.25, 0.3) is 0 Å². The van der Waals surface area contributed by atoms with Crippen molar-refractivity contribution in [3.8, 4) is 0 Å². The maximum atomic E-state index is 12.1. The Kier molecular flexibility index (Phi) is 2.87. The minimum absolute atomic E-state index is 0.0201. The van der Waals surface area contributed by atoms with Crippen LogP contribution in [0.3, 0.4) is 0 Å². The molecule has 0 atom stereocenters. The second-order valence-corrected chi connectivity index (χ2v) is 6.20. The number of nitrogens with zero attached hydrogens (tertiary/aromatic N) is 3. The van der Waals surface area contributed by atoms with Crippen molar-refractivity contribution >= 4 is 5.91 Å². The van der Waals surface area contributed by atoms with E-state index in [2.05, 4.69) is 16.5 Å². The first-order valence-corrected chi connectivity index (χ1v) is 7.57. The average molecular weight is 285 g/mol. The van der Waals surface area contributed by atoms with E-state index in [4.69, 9.17) is 4.42 Å². The molecule has 0 radical (unpaired) electrons. The van der Waals surface area contributed by atoms with Gasteiger partial charge in [0.2, 0.25) is 0 Å². The molecule has 0 unspecified atom stereocenters. The van der Waals surface area contributed by atoms with Crippen LogP contribution in [-0.4, -0.2) is 33.4 Å². The summed E-state index contributed by atoms with van der Waals surface area (Å²) in [6.45, 7) is 4.68. The Morgan fingerprint density at radius 3 is 2.90 bits per heavy atom. The predicted octanol–water partition coefficient (Wildman–Crippen LogP) is 2.43. The van der Waals surface area contributed by atoms with Crippen LogP contribution in [0.1, 0.15) is 40.8 Å². The lowest BCUT2D eigenvalue weighted by molar-refractivity contribution is 0.0558. The summed E-state index contributed by atoms with van der Waals surface area (Å²) in [4.78, 5) is 18.6. The molecular formula is C16H19N3O2. The van der Waals surface area contributed by atoms with Crippen LogP contribution in [0, 0.1) is 12.8 Å². The van der Waals surface area contributed by atoms with Crippen molar-refractivity contribution in [1.29, 1.82) is 0 Å². The molecule has 2 aromatic heterocycles. The molecule has 0 aromatic carbocycles. The van der Waals surface area contributed by atoms with E-state index < -0.39 is 0 Å². The van der Waals surface area contributed by atoms with E-state index in [0.717, 1.165) is 31.4 Å². The van der Waals surface area contributed by atoms with Gasteiger partial charge in [-0.05, 0) is 37.8 Å². The molecule has 1 aliphatic carbocycles. The van der Waals surface area contributed by atoms with E-state index in [0.29, 0.717) is 11.7 Å². The number of likely N-dealkylation sites (tertiary alicyclic amines) is 1. The van der Waals surface area contributed by atoms with Gasteiger partial charge in [0, 0.05) is 31.5 Å². The number of rotatable bonds is 4. The SMILES string of the molecule is Cc1cnc(C2CN(C(=O)c3ccco3)C2)n1CC1CC1. The molecule has 21 heavy (non-hydrogen) atoms. The van der Waals surface area contributed by atoms with E-state index in [1.54, 1.807) is 12.1 Å². The predicted molar refractivity (Wildman–Crippen MR) is 77.0 cm³/mol. The lowest BCUT2D eigenvalue weighted by atomic mass is 9.98. The number of amides is 1. The van der Waals surface area contributed by atoms with Gasteiger partial charge < -0.3 is 13.9 Å². The molecule has 1 saturated heterocycles. The van der Waals surface area contributed by atoms with E-state index in [-0.39, 0.29) is 5.91 Å². The van der Waals surface area contributed by atoms with Crippen LogP contribution in [0.4, 0.5) is 0 Å². The van der Waals surface area contributed by atoms with Gasteiger partial charge >= 0.3 is 0 Å². The van der Waals surface area contributed by atoms with Crippen molar-refractivity contribution in [3.05, 3.63) is 41.9 Å². The van der Waals surface area contributed by atoms with E-state index in [1.807, 2.05) is 11.1 Å². The van der Waals surface area contributed by atoms with Crippen LogP contribution in [-0.2, 0) is 6.54 Å². The highest BCUT2D eigenvalue weighted by atomic mass is 16.3. The zero-order valence-corrected chi connectivity index (χ0v) is 12.2. The van der Waals surface area contributed by atoms with Gasteiger partial charge in [0.05, 0.1) is 12.2 Å². The topological polar surface area (TPSA) is 51.3 Å². The second kappa shape index (κ2) is 4.76. The Hall–Kier alpha value is -2.04. The Bertz CT molecular complexity index is 649. The highest BCUT2D eigenvalue weighted by molar-refractivity contribution is 5.92. The molecule has 2 aromatic rings. The second-order valence-electron chi connectivity index (χ2n) is 6.20. The standard InChI is InChI=1S/C16H19N3O2/c1-11-7-17-15(19(11)8-12-4-5-12)13-9-18(10-13)16(20)14-3-2-6-21-14/h2-3,6-7,12-13H,4-5,8-10H2,1H3. The number of carbonyl (C=O) groups excluding carboxylic acids is 1. The first-order chi connectivity index (χ1) is 10.2. The molecule has 1 amide bonds. The van der Waals surface area contributed by atoms with Crippen molar-refractivity contribution in [2.24, 2.45) is 5.92 Å². The molecule has 2 fully saturated rings. The van der Waals surface area contributed by atoms with Crippen LogP contribution < -0.4 is 0 Å². The summed E-state index contributed by atoms with van der Waals surface area (Å²) in [5.74, 6) is 2.73. The monoisotopic (exact) mass is 285 g/mol. The van der Waals surface area contributed by atoms with Gasteiger partial charge in [0.1, 0.15) is 5.82 Å². The molecule has 2 aliphatic rings. The Morgan fingerprint density at radius 1 is 1.43 bits per heavy atom. The van der Waals surface area contributed by atoms with E-state index in [9.17, 15) is 4.79 Å². The highest BCUT2D eigenvalue weighted by Gasteiger charge is 2.36. The van der Waals surface area contributed by atoms with Gasteiger partial charge in [-0.15, -0.1) is 0 Å². The fourth-order valence-corrected chi connectivity index (χ4v) is 2.97. The number of imidazole rings is 1. The fourth-order valence-electron chi connectivity index (χ4n) is 2.97. The zero-order chi connectivity index (χ0) is 14.4. The summed E-state index contributed by atoms with van der Waals surface area (Å²) in [5.41, 5.74) is 1.23. The van der Waals surface area contributed by atoms with Crippen LogP contribution in [0.2, 0.25) is 0 Å². The van der Waals surface area contributed by atoms with Crippen molar-refractivity contribution < 1.29 is 9.21 Å². The van der Waals surface area contributed by atoms with E-state index in [1.165, 1.54) is 24.8 Å². The number of aromatic nitrogens is 2. The van der Waals surface area contributed by atoms with Gasteiger partial charge in [-0.1, -0.05) is 0 Å². The van der Waals surface area contributed by atoms with Gasteiger partial charge in [0.15, 0.2) is 5.76 Å². The minimum Gasteiger partial charge on any atom is -0.459 e.